The van der Waals surface area contributed by atoms with Crippen LogP contribution in [-0.4, -0.2) is 12.1 Å². The Labute approximate surface area is 102 Å². The molecule has 3 heteroatoms. The standard InChI is InChI=1S/C12H12N2O.C2H6/c1-15-11-4-2-3-9(7-11)12-8-10(13)5-6-14-12;1-2/h2-8H,1H3,(H2,13,14);1-2H3. The molecule has 0 unspecified atom stereocenters. The minimum Gasteiger partial charge on any atom is -0.497 e. The van der Waals surface area contributed by atoms with Crippen molar-refractivity contribution >= 4 is 5.69 Å². The molecule has 2 aromatic rings. The number of hydrogen-bond donors (Lipinski definition) is 1. The summed E-state index contributed by atoms with van der Waals surface area (Å²) in [7, 11) is 1.64. The molecular weight excluding hydrogens is 212 g/mol. The molecule has 90 valence electrons. The lowest BCUT2D eigenvalue weighted by atomic mass is 10.1. The Hall–Kier alpha value is -2.03. The molecule has 2 N–H and O–H groups in total. The Morgan fingerprint density at radius 2 is 1.88 bits per heavy atom. The zero-order chi connectivity index (χ0) is 12.7. The number of nitrogens with zero attached hydrogens (tertiary/aromatic N) is 1. The van der Waals surface area contributed by atoms with Crippen LogP contribution >= 0.6 is 0 Å². The van der Waals surface area contributed by atoms with Gasteiger partial charge in [0.05, 0.1) is 12.8 Å². The third-order valence-electron chi connectivity index (χ3n) is 2.15. The lowest BCUT2D eigenvalue weighted by Crippen LogP contribution is -1.89. The molecule has 0 saturated heterocycles. The minimum absolute atomic E-state index is 0.711. The zero-order valence-corrected chi connectivity index (χ0v) is 10.5. The highest BCUT2D eigenvalue weighted by Crippen LogP contribution is 2.22. The lowest BCUT2D eigenvalue weighted by molar-refractivity contribution is 0.415. The SMILES string of the molecule is CC.COc1cccc(-c2cc(N)ccn2)c1. The molecule has 1 heterocycles. The molecule has 1 aromatic heterocycles. The van der Waals surface area contributed by atoms with Crippen molar-refractivity contribution in [3.63, 3.8) is 0 Å². The quantitative estimate of drug-likeness (QED) is 0.860. The fourth-order valence-electron chi connectivity index (χ4n) is 1.39. The second-order valence-electron chi connectivity index (χ2n) is 3.21. The van der Waals surface area contributed by atoms with E-state index in [9.17, 15) is 0 Å². The highest BCUT2D eigenvalue weighted by atomic mass is 16.5. The second-order valence-corrected chi connectivity index (χ2v) is 3.21. The minimum atomic E-state index is 0.711. The van der Waals surface area contributed by atoms with Crippen molar-refractivity contribution in [2.45, 2.75) is 13.8 Å². The molecule has 0 fully saturated rings. The Bertz CT molecular complexity index is 469. The number of anilines is 1. The van der Waals surface area contributed by atoms with E-state index in [0.29, 0.717) is 5.69 Å². The van der Waals surface area contributed by atoms with E-state index in [4.69, 9.17) is 10.5 Å². The van der Waals surface area contributed by atoms with Gasteiger partial charge in [-0.05, 0) is 24.3 Å². The van der Waals surface area contributed by atoms with Gasteiger partial charge in [-0.15, -0.1) is 0 Å². The molecule has 0 bridgehead atoms. The molecule has 3 nitrogen and oxygen atoms in total. The normalized spacial score (nSPS) is 9.12. The molecular formula is C14H18N2O. The van der Waals surface area contributed by atoms with Crippen molar-refractivity contribution in [3.05, 3.63) is 42.6 Å². The predicted octanol–water partition coefficient (Wildman–Crippen LogP) is 3.37. The van der Waals surface area contributed by atoms with Crippen LogP contribution < -0.4 is 10.5 Å². The summed E-state index contributed by atoms with van der Waals surface area (Å²) in [6, 6.07) is 11.3. The summed E-state index contributed by atoms with van der Waals surface area (Å²) < 4.78 is 5.15. The summed E-state index contributed by atoms with van der Waals surface area (Å²) >= 11 is 0. The van der Waals surface area contributed by atoms with Crippen molar-refractivity contribution < 1.29 is 4.74 Å². The maximum Gasteiger partial charge on any atom is 0.119 e. The van der Waals surface area contributed by atoms with Gasteiger partial charge in [-0.25, -0.2) is 0 Å². The highest BCUT2D eigenvalue weighted by molar-refractivity contribution is 5.64. The van der Waals surface area contributed by atoms with E-state index in [-0.39, 0.29) is 0 Å². The van der Waals surface area contributed by atoms with E-state index in [2.05, 4.69) is 4.98 Å². The van der Waals surface area contributed by atoms with Gasteiger partial charge in [-0.1, -0.05) is 26.0 Å². The molecule has 0 atom stereocenters. The molecule has 0 saturated carbocycles. The number of aromatic nitrogens is 1. The smallest absolute Gasteiger partial charge is 0.119 e. The van der Waals surface area contributed by atoms with Crippen LogP contribution in [0.25, 0.3) is 11.3 Å². The number of benzene rings is 1. The lowest BCUT2D eigenvalue weighted by Gasteiger charge is -2.04. The van der Waals surface area contributed by atoms with Crippen LogP contribution in [0.5, 0.6) is 5.75 Å². The Kier molecular flexibility index (Phi) is 5.01. The molecule has 0 spiro atoms. The Balaban J connectivity index is 0.000000686. The van der Waals surface area contributed by atoms with Crippen molar-refractivity contribution in [1.82, 2.24) is 4.98 Å². The molecule has 2 rings (SSSR count). The Morgan fingerprint density at radius 3 is 2.53 bits per heavy atom. The van der Waals surface area contributed by atoms with Crippen LogP contribution in [0, 0.1) is 0 Å². The molecule has 0 amide bonds. The first-order chi connectivity index (χ1) is 8.29. The molecule has 0 radical (unpaired) electrons. The summed E-state index contributed by atoms with van der Waals surface area (Å²) in [4.78, 5) is 4.25. The zero-order valence-electron chi connectivity index (χ0n) is 10.5. The van der Waals surface area contributed by atoms with Crippen molar-refractivity contribution in [3.8, 4) is 17.0 Å². The maximum absolute atomic E-state index is 5.70. The summed E-state index contributed by atoms with van der Waals surface area (Å²) in [6.45, 7) is 4.00. The van der Waals surface area contributed by atoms with Crippen LogP contribution in [0.2, 0.25) is 0 Å². The number of nitrogen functional groups attached to an aromatic ring is 1. The summed E-state index contributed by atoms with van der Waals surface area (Å²) in [6.07, 6.45) is 1.70. The van der Waals surface area contributed by atoms with Crippen LogP contribution in [0.15, 0.2) is 42.6 Å². The van der Waals surface area contributed by atoms with E-state index in [1.165, 1.54) is 0 Å². The summed E-state index contributed by atoms with van der Waals surface area (Å²) in [5, 5.41) is 0. The van der Waals surface area contributed by atoms with Crippen LogP contribution in [0.4, 0.5) is 5.69 Å². The van der Waals surface area contributed by atoms with Gasteiger partial charge in [0, 0.05) is 17.4 Å². The number of rotatable bonds is 2. The molecule has 0 aliphatic heterocycles. The third-order valence-corrected chi connectivity index (χ3v) is 2.15. The van der Waals surface area contributed by atoms with E-state index in [1.807, 2.05) is 44.2 Å². The largest absolute Gasteiger partial charge is 0.497 e. The van der Waals surface area contributed by atoms with Crippen LogP contribution in [-0.2, 0) is 0 Å². The van der Waals surface area contributed by atoms with Gasteiger partial charge in [-0.3, -0.25) is 4.98 Å². The number of hydrogen-bond acceptors (Lipinski definition) is 3. The second kappa shape index (κ2) is 6.53. The summed E-state index contributed by atoms with van der Waals surface area (Å²) in [5.41, 5.74) is 8.26. The van der Waals surface area contributed by atoms with Gasteiger partial charge < -0.3 is 10.5 Å². The van der Waals surface area contributed by atoms with Gasteiger partial charge in [0.25, 0.3) is 0 Å². The monoisotopic (exact) mass is 230 g/mol. The fraction of sp³-hybridized carbons (Fsp3) is 0.214. The molecule has 1 aromatic carbocycles. The molecule has 17 heavy (non-hydrogen) atoms. The van der Waals surface area contributed by atoms with Crippen molar-refractivity contribution in [1.29, 1.82) is 0 Å². The van der Waals surface area contributed by atoms with Gasteiger partial charge >= 0.3 is 0 Å². The average Bonchev–Trinajstić information content (AvgIpc) is 2.41. The topological polar surface area (TPSA) is 48.1 Å². The maximum atomic E-state index is 5.70. The van der Waals surface area contributed by atoms with E-state index >= 15 is 0 Å². The molecule has 0 aliphatic rings. The van der Waals surface area contributed by atoms with Gasteiger partial charge in [0.1, 0.15) is 5.75 Å². The van der Waals surface area contributed by atoms with E-state index < -0.39 is 0 Å². The first-order valence-corrected chi connectivity index (χ1v) is 5.65. The van der Waals surface area contributed by atoms with Crippen molar-refractivity contribution in [2.75, 3.05) is 12.8 Å². The van der Waals surface area contributed by atoms with Crippen molar-refractivity contribution in [2.24, 2.45) is 0 Å². The van der Waals surface area contributed by atoms with Gasteiger partial charge in [-0.2, -0.15) is 0 Å². The number of methoxy groups -OCH3 is 1. The molecule has 0 aliphatic carbocycles. The van der Waals surface area contributed by atoms with E-state index in [0.717, 1.165) is 17.0 Å². The van der Waals surface area contributed by atoms with Gasteiger partial charge in [0.15, 0.2) is 0 Å². The number of nitrogens with two attached hydrogens (primary N) is 1. The fourth-order valence-corrected chi connectivity index (χ4v) is 1.39. The first-order valence-electron chi connectivity index (χ1n) is 5.65. The Morgan fingerprint density at radius 1 is 1.12 bits per heavy atom. The van der Waals surface area contributed by atoms with E-state index in [1.54, 1.807) is 19.4 Å². The first kappa shape index (κ1) is 13.0. The average molecular weight is 230 g/mol. The van der Waals surface area contributed by atoms with Gasteiger partial charge in [0.2, 0.25) is 0 Å². The third kappa shape index (κ3) is 3.48. The predicted molar refractivity (Wildman–Crippen MR) is 72.0 cm³/mol. The van der Waals surface area contributed by atoms with Crippen LogP contribution in [0.1, 0.15) is 13.8 Å². The summed E-state index contributed by atoms with van der Waals surface area (Å²) in [5.74, 6) is 0.816. The highest BCUT2D eigenvalue weighted by Gasteiger charge is 2.00. The van der Waals surface area contributed by atoms with Crippen LogP contribution in [0.3, 0.4) is 0 Å². The number of pyridine rings is 1. The number of ether oxygens (including phenoxy) is 1.